The summed E-state index contributed by atoms with van der Waals surface area (Å²) in [5.41, 5.74) is 0.513. The highest BCUT2D eigenvalue weighted by molar-refractivity contribution is 5.35. The molecule has 0 saturated heterocycles. The maximum absolute atomic E-state index is 13.2. The molecule has 0 aliphatic carbocycles. The zero-order valence-electron chi connectivity index (χ0n) is 11.6. The number of aliphatic hydroxyl groups excluding tert-OH is 1. The van der Waals surface area contributed by atoms with Crippen molar-refractivity contribution in [3.05, 3.63) is 41.3 Å². The first-order valence-electron chi connectivity index (χ1n) is 6.40. The molecule has 0 fully saturated rings. The lowest BCUT2D eigenvalue weighted by molar-refractivity contribution is 0.189. The summed E-state index contributed by atoms with van der Waals surface area (Å²) < 4.78 is 23.8. The van der Waals surface area contributed by atoms with E-state index in [0.717, 1.165) is 0 Å². The smallest absolute Gasteiger partial charge is 0.229 e. The summed E-state index contributed by atoms with van der Waals surface area (Å²) in [4.78, 5) is 4.16. The molecule has 0 saturated carbocycles. The van der Waals surface area contributed by atoms with Crippen LogP contribution >= 0.6 is 0 Å². The van der Waals surface area contributed by atoms with Gasteiger partial charge >= 0.3 is 0 Å². The van der Waals surface area contributed by atoms with E-state index in [2.05, 4.69) is 10.1 Å². The summed E-state index contributed by atoms with van der Waals surface area (Å²) in [5, 5.41) is 13.4. The van der Waals surface area contributed by atoms with Gasteiger partial charge in [0.25, 0.3) is 0 Å². The Morgan fingerprint density at radius 1 is 1.35 bits per heavy atom. The number of aliphatic hydroxyl groups is 1. The normalized spacial score (nSPS) is 12.7. The number of aromatic nitrogens is 2. The molecule has 6 heteroatoms. The van der Waals surface area contributed by atoms with Crippen LogP contribution < -0.4 is 4.74 Å². The molecule has 0 amide bonds. The Balaban J connectivity index is 2.11. The minimum atomic E-state index is -0.748. The van der Waals surface area contributed by atoms with E-state index in [4.69, 9.17) is 9.26 Å². The fourth-order valence-electron chi connectivity index (χ4n) is 1.68. The lowest BCUT2D eigenvalue weighted by Gasteiger charge is -2.12. The number of nitrogens with zero attached hydrogens (tertiary/aromatic N) is 2. The average molecular weight is 280 g/mol. The monoisotopic (exact) mass is 280 g/mol. The molecule has 0 aliphatic heterocycles. The van der Waals surface area contributed by atoms with Gasteiger partial charge in [-0.25, -0.2) is 4.39 Å². The van der Waals surface area contributed by atoms with E-state index in [1.165, 1.54) is 18.2 Å². The molecule has 2 rings (SSSR count). The van der Waals surface area contributed by atoms with Crippen molar-refractivity contribution in [2.24, 2.45) is 0 Å². The Kier molecular flexibility index (Phi) is 4.34. The molecule has 5 nitrogen and oxygen atoms in total. The molecular weight excluding hydrogens is 263 g/mol. The summed E-state index contributed by atoms with van der Waals surface area (Å²) in [6.45, 7) is 5.53. The Morgan fingerprint density at radius 3 is 2.70 bits per heavy atom. The zero-order valence-corrected chi connectivity index (χ0v) is 11.6. The van der Waals surface area contributed by atoms with Gasteiger partial charge in [0.15, 0.2) is 6.61 Å². The van der Waals surface area contributed by atoms with Crippen molar-refractivity contribution in [3.63, 3.8) is 0 Å². The van der Waals surface area contributed by atoms with Gasteiger partial charge in [0.2, 0.25) is 11.7 Å². The number of halogens is 1. The van der Waals surface area contributed by atoms with Gasteiger partial charge in [-0.15, -0.1) is 0 Å². The second-order valence-electron chi connectivity index (χ2n) is 4.85. The van der Waals surface area contributed by atoms with E-state index >= 15 is 0 Å². The maximum Gasteiger partial charge on any atom is 0.229 e. The molecule has 0 bridgehead atoms. The van der Waals surface area contributed by atoms with Crippen molar-refractivity contribution in [2.45, 2.75) is 39.4 Å². The van der Waals surface area contributed by atoms with Crippen molar-refractivity contribution in [1.29, 1.82) is 0 Å². The lowest BCUT2D eigenvalue weighted by Crippen LogP contribution is -2.03. The van der Waals surface area contributed by atoms with Crippen LogP contribution in [0.2, 0.25) is 0 Å². The van der Waals surface area contributed by atoms with Crippen LogP contribution in [0.15, 0.2) is 22.7 Å². The predicted molar refractivity (Wildman–Crippen MR) is 69.8 cm³/mol. The fraction of sp³-hybridized carbons (Fsp3) is 0.429. The highest BCUT2D eigenvalue weighted by Gasteiger charge is 2.13. The second kappa shape index (κ2) is 6.00. The molecule has 1 atom stereocenters. The largest absolute Gasteiger partial charge is 0.485 e. The van der Waals surface area contributed by atoms with Gasteiger partial charge in [0.1, 0.15) is 11.6 Å². The number of ether oxygens (including phenoxy) is 1. The molecule has 20 heavy (non-hydrogen) atoms. The summed E-state index contributed by atoms with van der Waals surface area (Å²) in [6, 6.07) is 4.00. The third-order valence-corrected chi connectivity index (χ3v) is 2.76. The summed E-state index contributed by atoms with van der Waals surface area (Å²) >= 11 is 0. The van der Waals surface area contributed by atoms with Crippen LogP contribution in [-0.2, 0) is 6.61 Å². The van der Waals surface area contributed by atoms with Gasteiger partial charge in [0.05, 0.1) is 6.10 Å². The number of hydrogen-bond acceptors (Lipinski definition) is 5. The molecular formula is C14H17FN2O3. The van der Waals surface area contributed by atoms with Crippen molar-refractivity contribution in [1.82, 2.24) is 10.1 Å². The first-order valence-corrected chi connectivity index (χ1v) is 6.40. The van der Waals surface area contributed by atoms with Gasteiger partial charge < -0.3 is 14.4 Å². The lowest BCUT2D eigenvalue weighted by atomic mass is 10.1. The Morgan fingerprint density at radius 2 is 2.10 bits per heavy atom. The van der Waals surface area contributed by atoms with Crippen LogP contribution in [0.25, 0.3) is 0 Å². The third-order valence-electron chi connectivity index (χ3n) is 2.76. The second-order valence-corrected chi connectivity index (χ2v) is 4.85. The van der Waals surface area contributed by atoms with E-state index in [9.17, 15) is 9.50 Å². The fourth-order valence-corrected chi connectivity index (χ4v) is 1.68. The van der Waals surface area contributed by atoms with Crippen LogP contribution in [-0.4, -0.2) is 15.2 Å². The van der Waals surface area contributed by atoms with Crippen LogP contribution in [0, 0.1) is 5.82 Å². The summed E-state index contributed by atoms with van der Waals surface area (Å²) in [6.07, 6.45) is -0.748. The Labute approximate surface area is 116 Å². The van der Waals surface area contributed by atoms with E-state index in [0.29, 0.717) is 17.3 Å². The topological polar surface area (TPSA) is 68.4 Å². The zero-order chi connectivity index (χ0) is 14.7. The van der Waals surface area contributed by atoms with Crippen LogP contribution in [0.1, 0.15) is 50.1 Å². The van der Waals surface area contributed by atoms with Crippen molar-refractivity contribution in [3.8, 4) is 5.75 Å². The minimum absolute atomic E-state index is 0.0550. The van der Waals surface area contributed by atoms with Gasteiger partial charge in [-0.1, -0.05) is 19.0 Å². The van der Waals surface area contributed by atoms with Crippen molar-refractivity contribution < 1.29 is 18.8 Å². The van der Waals surface area contributed by atoms with Gasteiger partial charge in [0, 0.05) is 17.5 Å². The first-order chi connectivity index (χ1) is 9.47. The molecule has 1 N–H and O–H groups in total. The number of hydrogen-bond donors (Lipinski definition) is 1. The SMILES string of the molecule is CC(C)c1nc(COc2cc(F)ccc2[C@@H](C)O)no1. The quantitative estimate of drug-likeness (QED) is 0.912. The van der Waals surface area contributed by atoms with Crippen molar-refractivity contribution >= 4 is 0 Å². The molecule has 1 heterocycles. The minimum Gasteiger partial charge on any atom is -0.485 e. The molecule has 1 aromatic carbocycles. The summed E-state index contributed by atoms with van der Waals surface area (Å²) in [5.74, 6) is 0.891. The number of benzene rings is 1. The standard InChI is InChI=1S/C14H17FN2O3/c1-8(2)14-16-13(17-20-14)7-19-12-6-10(15)4-5-11(12)9(3)18/h4-6,8-9,18H,7H2,1-3H3/t9-/m1/s1. The third kappa shape index (κ3) is 3.33. The highest BCUT2D eigenvalue weighted by atomic mass is 19.1. The number of rotatable bonds is 5. The van der Waals surface area contributed by atoms with Gasteiger partial charge in [-0.3, -0.25) is 0 Å². The predicted octanol–water partition coefficient (Wildman–Crippen LogP) is 2.96. The van der Waals surface area contributed by atoms with E-state index < -0.39 is 11.9 Å². The van der Waals surface area contributed by atoms with E-state index in [1.54, 1.807) is 6.92 Å². The molecule has 1 aromatic heterocycles. The Bertz CT molecular complexity index is 582. The van der Waals surface area contributed by atoms with Crippen LogP contribution in [0.4, 0.5) is 4.39 Å². The van der Waals surface area contributed by atoms with Crippen LogP contribution in [0.5, 0.6) is 5.75 Å². The van der Waals surface area contributed by atoms with Crippen molar-refractivity contribution in [2.75, 3.05) is 0 Å². The molecule has 0 unspecified atom stereocenters. The maximum atomic E-state index is 13.2. The van der Waals surface area contributed by atoms with Gasteiger partial charge in [-0.2, -0.15) is 4.98 Å². The van der Waals surface area contributed by atoms with Crippen LogP contribution in [0.3, 0.4) is 0 Å². The Hall–Kier alpha value is -1.95. The molecule has 108 valence electrons. The molecule has 0 radical (unpaired) electrons. The van der Waals surface area contributed by atoms with Gasteiger partial charge in [-0.05, 0) is 19.1 Å². The molecule has 0 aliphatic rings. The van der Waals surface area contributed by atoms with E-state index in [-0.39, 0.29) is 18.3 Å². The summed E-state index contributed by atoms with van der Waals surface area (Å²) in [7, 11) is 0. The van der Waals surface area contributed by atoms with E-state index in [1.807, 2.05) is 13.8 Å². The average Bonchev–Trinajstić information content (AvgIpc) is 2.85. The highest BCUT2D eigenvalue weighted by Crippen LogP contribution is 2.26. The first kappa shape index (κ1) is 14.5. The molecule has 2 aromatic rings. The molecule has 0 spiro atoms.